The Balaban J connectivity index is 1.59. The molecule has 0 aromatic heterocycles. The van der Waals surface area contributed by atoms with Gasteiger partial charge in [-0.25, -0.2) is 4.79 Å². The SMILES string of the molecule is O=C(N[C@H]1CNC1=O)OCc1cccc(-c2ccccc2)c1. The summed E-state index contributed by atoms with van der Waals surface area (Å²) < 4.78 is 5.14. The zero-order valence-corrected chi connectivity index (χ0v) is 11.9. The van der Waals surface area contributed by atoms with Gasteiger partial charge in [-0.2, -0.15) is 0 Å². The van der Waals surface area contributed by atoms with E-state index in [0.29, 0.717) is 6.54 Å². The van der Waals surface area contributed by atoms with Crippen molar-refractivity contribution in [2.45, 2.75) is 12.6 Å². The molecule has 1 saturated heterocycles. The summed E-state index contributed by atoms with van der Waals surface area (Å²) in [4.78, 5) is 22.7. The summed E-state index contributed by atoms with van der Waals surface area (Å²) in [6.07, 6.45) is -0.579. The Morgan fingerprint density at radius 1 is 1.14 bits per heavy atom. The van der Waals surface area contributed by atoms with Crippen molar-refractivity contribution in [2.24, 2.45) is 0 Å². The van der Waals surface area contributed by atoms with Gasteiger partial charge in [0.15, 0.2) is 0 Å². The number of hydrogen-bond donors (Lipinski definition) is 2. The van der Waals surface area contributed by atoms with Gasteiger partial charge in [0.05, 0.1) is 0 Å². The van der Waals surface area contributed by atoms with Crippen LogP contribution in [0.2, 0.25) is 0 Å². The summed E-state index contributed by atoms with van der Waals surface area (Å²) in [5.41, 5.74) is 3.08. The van der Waals surface area contributed by atoms with Gasteiger partial charge in [-0.05, 0) is 22.8 Å². The first-order chi connectivity index (χ1) is 10.7. The minimum Gasteiger partial charge on any atom is -0.445 e. The second kappa shape index (κ2) is 6.30. The molecule has 22 heavy (non-hydrogen) atoms. The van der Waals surface area contributed by atoms with Crippen LogP contribution in [-0.4, -0.2) is 24.6 Å². The molecule has 2 N–H and O–H groups in total. The molecule has 0 saturated carbocycles. The third-order valence-corrected chi connectivity index (χ3v) is 3.49. The van der Waals surface area contributed by atoms with Crippen molar-refractivity contribution in [3.8, 4) is 11.1 Å². The average molecular weight is 296 g/mol. The van der Waals surface area contributed by atoms with Crippen molar-refractivity contribution in [1.29, 1.82) is 0 Å². The third kappa shape index (κ3) is 3.25. The van der Waals surface area contributed by atoms with Crippen LogP contribution in [0.3, 0.4) is 0 Å². The number of amides is 2. The maximum Gasteiger partial charge on any atom is 0.408 e. The van der Waals surface area contributed by atoms with Crippen molar-refractivity contribution in [3.05, 3.63) is 60.2 Å². The Bertz CT molecular complexity index is 685. The molecule has 3 rings (SSSR count). The molecular weight excluding hydrogens is 280 g/mol. The second-order valence-corrected chi connectivity index (χ2v) is 5.08. The van der Waals surface area contributed by atoms with Crippen molar-refractivity contribution in [2.75, 3.05) is 6.54 Å². The van der Waals surface area contributed by atoms with Gasteiger partial charge in [-0.3, -0.25) is 4.79 Å². The topological polar surface area (TPSA) is 67.4 Å². The molecule has 0 spiro atoms. The Morgan fingerprint density at radius 3 is 2.59 bits per heavy atom. The van der Waals surface area contributed by atoms with Crippen LogP contribution < -0.4 is 10.6 Å². The zero-order valence-electron chi connectivity index (χ0n) is 11.9. The van der Waals surface area contributed by atoms with Crippen LogP contribution in [-0.2, 0) is 16.1 Å². The highest BCUT2D eigenvalue weighted by Crippen LogP contribution is 2.20. The lowest BCUT2D eigenvalue weighted by Gasteiger charge is -2.26. The summed E-state index contributed by atoms with van der Waals surface area (Å²) in [5.74, 6) is -0.178. The molecule has 1 aliphatic rings. The molecule has 5 heteroatoms. The molecule has 1 aliphatic heterocycles. The van der Waals surface area contributed by atoms with E-state index in [1.54, 1.807) is 0 Å². The van der Waals surface area contributed by atoms with Crippen LogP contribution in [0.25, 0.3) is 11.1 Å². The average Bonchev–Trinajstić information content (AvgIpc) is 2.57. The van der Waals surface area contributed by atoms with Crippen LogP contribution in [0, 0.1) is 0 Å². The first-order valence-corrected chi connectivity index (χ1v) is 7.08. The lowest BCUT2D eigenvalue weighted by molar-refractivity contribution is -0.128. The van der Waals surface area contributed by atoms with Gasteiger partial charge in [0.25, 0.3) is 0 Å². The van der Waals surface area contributed by atoms with Crippen molar-refractivity contribution >= 4 is 12.0 Å². The normalized spacial score (nSPS) is 16.4. The van der Waals surface area contributed by atoms with E-state index < -0.39 is 12.1 Å². The van der Waals surface area contributed by atoms with Crippen LogP contribution in [0.5, 0.6) is 0 Å². The Labute approximate surface area is 128 Å². The molecule has 5 nitrogen and oxygen atoms in total. The largest absolute Gasteiger partial charge is 0.445 e. The number of carbonyl (C=O) groups excluding carboxylic acids is 2. The number of benzene rings is 2. The number of β-lactam (4-membered cyclic amide) rings is 1. The van der Waals surface area contributed by atoms with E-state index in [9.17, 15) is 9.59 Å². The minimum atomic E-state index is -0.579. The fraction of sp³-hybridized carbons (Fsp3) is 0.176. The summed E-state index contributed by atoms with van der Waals surface area (Å²) in [6, 6.07) is 17.3. The van der Waals surface area contributed by atoms with E-state index in [-0.39, 0.29) is 12.5 Å². The van der Waals surface area contributed by atoms with Crippen molar-refractivity contribution < 1.29 is 14.3 Å². The molecule has 2 aromatic carbocycles. The van der Waals surface area contributed by atoms with Crippen LogP contribution in [0.15, 0.2) is 54.6 Å². The monoisotopic (exact) mass is 296 g/mol. The molecule has 0 aliphatic carbocycles. The Kier molecular flexibility index (Phi) is 4.05. The molecule has 2 amide bonds. The molecule has 1 fully saturated rings. The fourth-order valence-electron chi connectivity index (χ4n) is 2.21. The number of hydrogen-bond acceptors (Lipinski definition) is 3. The van der Waals surface area contributed by atoms with E-state index in [4.69, 9.17) is 4.74 Å². The third-order valence-electron chi connectivity index (χ3n) is 3.49. The van der Waals surface area contributed by atoms with Gasteiger partial charge in [-0.1, -0.05) is 48.5 Å². The smallest absolute Gasteiger partial charge is 0.408 e. The van der Waals surface area contributed by atoms with Crippen LogP contribution in [0.1, 0.15) is 5.56 Å². The Morgan fingerprint density at radius 2 is 1.91 bits per heavy atom. The molecule has 1 heterocycles. The number of carbonyl (C=O) groups is 2. The van der Waals surface area contributed by atoms with Gasteiger partial charge in [-0.15, -0.1) is 0 Å². The lowest BCUT2D eigenvalue weighted by Crippen LogP contribution is -2.61. The predicted octanol–water partition coefficient (Wildman–Crippen LogP) is 2.08. The number of nitrogens with one attached hydrogen (secondary N) is 2. The molecule has 112 valence electrons. The zero-order chi connectivity index (χ0) is 15.4. The highest BCUT2D eigenvalue weighted by molar-refractivity contribution is 5.90. The summed E-state index contributed by atoms with van der Waals surface area (Å²) in [7, 11) is 0. The molecular formula is C17H16N2O3. The lowest BCUT2D eigenvalue weighted by atomic mass is 10.0. The molecule has 1 atom stereocenters. The molecule has 2 aromatic rings. The van der Waals surface area contributed by atoms with Crippen LogP contribution >= 0.6 is 0 Å². The molecule has 0 bridgehead atoms. The first-order valence-electron chi connectivity index (χ1n) is 7.08. The van der Waals surface area contributed by atoms with E-state index in [0.717, 1.165) is 16.7 Å². The summed E-state index contributed by atoms with van der Waals surface area (Å²) in [5, 5.41) is 5.06. The fourth-order valence-corrected chi connectivity index (χ4v) is 2.21. The van der Waals surface area contributed by atoms with E-state index >= 15 is 0 Å². The van der Waals surface area contributed by atoms with Crippen LogP contribution in [0.4, 0.5) is 4.79 Å². The maximum absolute atomic E-state index is 11.6. The molecule has 0 radical (unpaired) electrons. The number of alkyl carbamates (subject to hydrolysis) is 1. The standard InChI is InChI=1S/C17H16N2O3/c20-16-15(10-18-16)19-17(21)22-11-12-5-4-8-14(9-12)13-6-2-1-3-7-13/h1-9,15H,10-11H2,(H,18,20)(H,19,21)/t15-/m0/s1. The van der Waals surface area contributed by atoms with Crippen molar-refractivity contribution in [3.63, 3.8) is 0 Å². The molecule has 0 unspecified atom stereocenters. The summed E-state index contributed by atoms with van der Waals surface area (Å²) in [6.45, 7) is 0.623. The second-order valence-electron chi connectivity index (χ2n) is 5.08. The van der Waals surface area contributed by atoms with Gasteiger partial charge in [0.2, 0.25) is 5.91 Å². The predicted molar refractivity (Wildman–Crippen MR) is 82.0 cm³/mol. The van der Waals surface area contributed by atoms with Crippen molar-refractivity contribution in [1.82, 2.24) is 10.6 Å². The summed E-state index contributed by atoms with van der Waals surface area (Å²) >= 11 is 0. The maximum atomic E-state index is 11.6. The van der Waals surface area contributed by atoms with E-state index in [2.05, 4.69) is 10.6 Å². The van der Waals surface area contributed by atoms with Gasteiger partial charge < -0.3 is 15.4 Å². The quantitative estimate of drug-likeness (QED) is 0.849. The number of rotatable bonds is 4. The highest BCUT2D eigenvalue weighted by Gasteiger charge is 2.29. The highest BCUT2D eigenvalue weighted by atomic mass is 16.5. The van der Waals surface area contributed by atoms with Gasteiger partial charge >= 0.3 is 6.09 Å². The number of ether oxygens (including phenoxy) is 1. The van der Waals surface area contributed by atoms with E-state index in [1.165, 1.54) is 0 Å². The van der Waals surface area contributed by atoms with Gasteiger partial charge in [0.1, 0.15) is 12.6 Å². The first kappa shape index (κ1) is 14.1. The Hall–Kier alpha value is -2.82. The minimum absolute atomic E-state index is 0.168. The van der Waals surface area contributed by atoms with Gasteiger partial charge in [0, 0.05) is 6.54 Å². The van der Waals surface area contributed by atoms with E-state index in [1.807, 2.05) is 54.6 Å².